The van der Waals surface area contributed by atoms with Crippen molar-refractivity contribution in [1.82, 2.24) is 4.90 Å². The van der Waals surface area contributed by atoms with E-state index in [0.29, 0.717) is 10.6 Å². The maximum atomic E-state index is 12.6. The van der Waals surface area contributed by atoms with Crippen LogP contribution in [-0.2, 0) is 9.31 Å². The zero-order valence-corrected chi connectivity index (χ0v) is 14.9. The first-order chi connectivity index (χ1) is 10.7. The molecule has 4 nitrogen and oxygen atoms in total. The highest BCUT2D eigenvalue weighted by Crippen LogP contribution is 2.37. The number of hydrogen-bond acceptors (Lipinski definition) is 3. The zero-order valence-electron chi connectivity index (χ0n) is 14.2. The van der Waals surface area contributed by atoms with Gasteiger partial charge >= 0.3 is 7.12 Å². The van der Waals surface area contributed by atoms with Crippen LogP contribution < -0.4 is 5.46 Å². The van der Waals surface area contributed by atoms with Crippen molar-refractivity contribution in [2.75, 3.05) is 13.1 Å². The number of halogens is 1. The summed E-state index contributed by atoms with van der Waals surface area (Å²) in [5.74, 6) is 0.0527. The zero-order chi connectivity index (χ0) is 16.8. The molecule has 2 saturated heterocycles. The molecule has 2 aliphatic heterocycles. The second-order valence-electron chi connectivity index (χ2n) is 7.32. The van der Waals surface area contributed by atoms with Crippen molar-refractivity contribution in [1.29, 1.82) is 0 Å². The van der Waals surface area contributed by atoms with E-state index in [2.05, 4.69) is 0 Å². The Balaban J connectivity index is 1.88. The number of likely N-dealkylation sites (tertiary alicyclic amines) is 1. The van der Waals surface area contributed by atoms with E-state index in [4.69, 9.17) is 20.9 Å². The van der Waals surface area contributed by atoms with E-state index >= 15 is 0 Å². The molecule has 1 aromatic rings. The van der Waals surface area contributed by atoms with Crippen molar-refractivity contribution in [3.63, 3.8) is 0 Å². The number of rotatable bonds is 2. The smallest absolute Gasteiger partial charge is 0.399 e. The standard InChI is InChI=1S/C17H23BClNO3/c1-16(2)17(3,4)23-18(22-16)13-11-12(7-8-14(13)19)15(21)20-9-5-6-10-20/h7-8,11H,5-6,9-10H2,1-4H3. The lowest BCUT2D eigenvalue weighted by atomic mass is 9.78. The topological polar surface area (TPSA) is 38.8 Å². The molecule has 0 bridgehead atoms. The lowest BCUT2D eigenvalue weighted by molar-refractivity contribution is 0.00578. The fourth-order valence-corrected chi connectivity index (χ4v) is 3.14. The molecule has 2 aliphatic rings. The Bertz CT molecular complexity index is 610. The number of amides is 1. The number of carbonyl (C=O) groups excluding carboxylic acids is 1. The van der Waals surface area contributed by atoms with Gasteiger partial charge in [0.1, 0.15) is 0 Å². The first kappa shape index (κ1) is 16.8. The predicted octanol–water partition coefficient (Wildman–Crippen LogP) is 2.88. The summed E-state index contributed by atoms with van der Waals surface area (Å²) in [7, 11) is -0.557. The molecule has 3 rings (SSSR count). The molecule has 2 fully saturated rings. The monoisotopic (exact) mass is 335 g/mol. The minimum atomic E-state index is -0.557. The Hall–Kier alpha value is -1.04. The number of carbonyl (C=O) groups is 1. The van der Waals surface area contributed by atoms with Crippen LogP contribution in [0.2, 0.25) is 5.02 Å². The summed E-state index contributed by atoms with van der Waals surface area (Å²) in [6, 6.07) is 5.34. The Labute approximate surface area is 143 Å². The third kappa shape index (κ3) is 3.02. The molecular formula is C17H23BClNO3. The average molecular weight is 336 g/mol. The first-order valence-electron chi connectivity index (χ1n) is 8.16. The first-order valence-corrected chi connectivity index (χ1v) is 8.53. The summed E-state index contributed by atoms with van der Waals surface area (Å²) < 4.78 is 12.1. The molecule has 0 N–H and O–H groups in total. The van der Waals surface area contributed by atoms with Gasteiger partial charge in [-0.2, -0.15) is 0 Å². The molecule has 1 aromatic carbocycles. The van der Waals surface area contributed by atoms with Crippen LogP contribution in [0.4, 0.5) is 0 Å². The Morgan fingerprint density at radius 2 is 1.70 bits per heavy atom. The second-order valence-corrected chi connectivity index (χ2v) is 7.73. The maximum Gasteiger partial charge on any atom is 0.496 e. The summed E-state index contributed by atoms with van der Waals surface area (Å²) in [6.45, 7) is 9.65. The molecule has 1 amide bonds. The highest BCUT2D eigenvalue weighted by Gasteiger charge is 2.52. The number of benzene rings is 1. The van der Waals surface area contributed by atoms with Gasteiger partial charge in [-0.3, -0.25) is 4.79 Å². The predicted molar refractivity (Wildman–Crippen MR) is 92.3 cm³/mol. The minimum absolute atomic E-state index is 0.0527. The van der Waals surface area contributed by atoms with E-state index < -0.39 is 18.3 Å². The molecular weight excluding hydrogens is 312 g/mol. The minimum Gasteiger partial charge on any atom is -0.399 e. The molecule has 6 heteroatoms. The largest absolute Gasteiger partial charge is 0.496 e. The van der Waals surface area contributed by atoms with E-state index in [0.717, 1.165) is 31.4 Å². The molecule has 2 heterocycles. The van der Waals surface area contributed by atoms with Gasteiger partial charge in [0.2, 0.25) is 0 Å². The van der Waals surface area contributed by atoms with Gasteiger partial charge < -0.3 is 14.2 Å². The van der Waals surface area contributed by atoms with Gasteiger partial charge in [-0.15, -0.1) is 0 Å². The lowest BCUT2D eigenvalue weighted by Gasteiger charge is -2.32. The van der Waals surface area contributed by atoms with Crippen LogP contribution in [0.25, 0.3) is 0 Å². The SMILES string of the molecule is CC1(C)OB(c2cc(C(=O)N3CCCC3)ccc2Cl)OC1(C)C. The van der Waals surface area contributed by atoms with Crippen LogP contribution in [0.15, 0.2) is 18.2 Å². The highest BCUT2D eigenvalue weighted by atomic mass is 35.5. The van der Waals surface area contributed by atoms with Crippen LogP contribution in [-0.4, -0.2) is 42.2 Å². The van der Waals surface area contributed by atoms with Gasteiger partial charge in [0, 0.05) is 29.1 Å². The van der Waals surface area contributed by atoms with E-state index in [1.165, 1.54) is 0 Å². The third-order valence-corrected chi connectivity index (χ3v) is 5.49. The molecule has 0 aliphatic carbocycles. The van der Waals surface area contributed by atoms with Crippen molar-refractivity contribution in [3.05, 3.63) is 28.8 Å². The van der Waals surface area contributed by atoms with Gasteiger partial charge in [0.25, 0.3) is 5.91 Å². The Kier molecular flexibility index (Phi) is 4.24. The molecule has 124 valence electrons. The average Bonchev–Trinajstić information content (AvgIpc) is 3.06. The van der Waals surface area contributed by atoms with E-state index in [-0.39, 0.29) is 5.91 Å². The van der Waals surface area contributed by atoms with Crippen molar-refractivity contribution in [3.8, 4) is 0 Å². The summed E-state index contributed by atoms with van der Waals surface area (Å²) in [4.78, 5) is 14.5. The van der Waals surface area contributed by atoms with Gasteiger partial charge in [-0.05, 0) is 58.7 Å². The molecule has 23 heavy (non-hydrogen) atoms. The highest BCUT2D eigenvalue weighted by molar-refractivity contribution is 6.65. The van der Waals surface area contributed by atoms with Crippen molar-refractivity contribution in [2.24, 2.45) is 0 Å². The summed E-state index contributed by atoms with van der Waals surface area (Å²) >= 11 is 6.34. The van der Waals surface area contributed by atoms with Gasteiger partial charge in [-0.25, -0.2) is 0 Å². The van der Waals surface area contributed by atoms with Crippen molar-refractivity contribution >= 4 is 30.1 Å². The van der Waals surface area contributed by atoms with E-state index in [1.807, 2.05) is 38.7 Å². The van der Waals surface area contributed by atoms with Crippen LogP contribution >= 0.6 is 11.6 Å². The van der Waals surface area contributed by atoms with Crippen molar-refractivity contribution in [2.45, 2.75) is 51.7 Å². The van der Waals surface area contributed by atoms with Crippen LogP contribution in [0.3, 0.4) is 0 Å². The number of hydrogen-bond donors (Lipinski definition) is 0. The molecule has 0 saturated carbocycles. The summed E-state index contributed by atoms with van der Waals surface area (Å²) in [5, 5.41) is 0.557. The molecule has 0 unspecified atom stereocenters. The van der Waals surface area contributed by atoms with Crippen molar-refractivity contribution < 1.29 is 14.1 Å². The fourth-order valence-electron chi connectivity index (χ4n) is 2.93. The summed E-state index contributed by atoms with van der Waals surface area (Å²) in [6.07, 6.45) is 2.15. The second kappa shape index (κ2) is 5.80. The Morgan fingerprint density at radius 3 is 2.26 bits per heavy atom. The fraction of sp³-hybridized carbons (Fsp3) is 0.588. The molecule has 0 spiro atoms. The molecule has 0 atom stereocenters. The molecule has 0 radical (unpaired) electrons. The Morgan fingerprint density at radius 1 is 1.13 bits per heavy atom. The van der Waals surface area contributed by atoms with Gasteiger partial charge in [-0.1, -0.05) is 11.6 Å². The van der Waals surface area contributed by atoms with Gasteiger partial charge in [0.05, 0.1) is 11.2 Å². The van der Waals surface area contributed by atoms with Crippen LogP contribution in [0, 0.1) is 0 Å². The normalized spacial score (nSPS) is 22.7. The van der Waals surface area contributed by atoms with Crippen LogP contribution in [0.1, 0.15) is 50.9 Å². The quantitative estimate of drug-likeness (QED) is 0.780. The maximum absolute atomic E-state index is 12.6. The summed E-state index contributed by atoms with van der Waals surface area (Å²) in [5.41, 5.74) is 0.489. The number of nitrogens with zero attached hydrogens (tertiary/aromatic N) is 1. The lowest BCUT2D eigenvalue weighted by Crippen LogP contribution is -2.41. The van der Waals surface area contributed by atoms with Crippen LogP contribution in [0.5, 0.6) is 0 Å². The van der Waals surface area contributed by atoms with Gasteiger partial charge in [0.15, 0.2) is 0 Å². The molecule has 0 aromatic heterocycles. The van der Waals surface area contributed by atoms with E-state index in [1.54, 1.807) is 12.1 Å². The third-order valence-electron chi connectivity index (χ3n) is 5.14. The van der Waals surface area contributed by atoms with E-state index in [9.17, 15) is 4.79 Å².